The first kappa shape index (κ1) is 22.1. The van der Waals surface area contributed by atoms with E-state index in [1.807, 2.05) is 19.1 Å². The van der Waals surface area contributed by atoms with Gasteiger partial charge in [-0.15, -0.1) is 0 Å². The molecule has 2 aliphatic heterocycles. The van der Waals surface area contributed by atoms with Gasteiger partial charge in [0.05, 0.1) is 37.7 Å². The van der Waals surface area contributed by atoms with E-state index in [0.29, 0.717) is 25.6 Å². The van der Waals surface area contributed by atoms with Crippen LogP contribution in [-0.4, -0.2) is 86.8 Å². The molecule has 2 aliphatic rings. The molecular formula is C21H36N4O4. The van der Waals surface area contributed by atoms with Crippen LogP contribution in [0, 0.1) is 0 Å². The molecule has 0 saturated carbocycles. The lowest BCUT2D eigenvalue weighted by molar-refractivity contribution is -0.0180. The lowest BCUT2D eigenvalue weighted by atomic mass is 10.1. The number of hydrogen-bond acceptors (Lipinski definition) is 6. The molecule has 3 N–H and O–H groups in total. The number of aliphatic imine (C=N–C) groups is 1. The van der Waals surface area contributed by atoms with Gasteiger partial charge >= 0.3 is 0 Å². The quantitative estimate of drug-likeness (QED) is 0.415. The van der Waals surface area contributed by atoms with Crippen molar-refractivity contribution in [2.75, 3.05) is 59.1 Å². The molecule has 0 aromatic carbocycles. The molecule has 1 aromatic rings. The van der Waals surface area contributed by atoms with Crippen molar-refractivity contribution < 1.29 is 19.0 Å². The Bertz CT molecular complexity index is 594. The standard InChI is InChI=1S/C21H36N4O4/c1-21(26,17-25-9-13-27-14-10-25)16-24-20(22-8-7-18-6-4-12-28-18)23-15-19-5-2-3-11-29-19/h4,6,12,19,26H,2-3,5,7-11,13-17H2,1H3,(H2,22,23,24). The Labute approximate surface area is 173 Å². The number of hydrogen-bond donors (Lipinski definition) is 3. The topological polar surface area (TPSA) is 91.5 Å². The van der Waals surface area contributed by atoms with E-state index in [1.54, 1.807) is 6.26 Å². The highest BCUT2D eigenvalue weighted by molar-refractivity contribution is 5.79. The summed E-state index contributed by atoms with van der Waals surface area (Å²) in [5, 5.41) is 17.6. The third kappa shape index (κ3) is 8.34. The maximum Gasteiger partial charge on any atom is 0.191 e. The van der Waals surface area contributed by atoms with E-state index in [0.717, 1.165) is 64.5 Å². The molecule has 0 bridgehead atoms. The summed E-state index contributed by atoms with van der Waals surface area (Å²) in [6.07, 6.45) is 6.10. The normalized spacial score (nSPS) is 23.5. The summed E-state index contributed by atoms with van der Waals surface area (Å²) < 4.78 is 16.6. The van der Waals surface area contributed by atoms with Gasteiger partial charge in [0.15, 0.2) is 5.96 Å². The maximum atomic E-state index is 10.8. The average molecular weight is 409 g/mol. The molecule has 3 rings (SSSR count). The van der Waals surface area contributed by atoms with E-state index in [1.165, 1.54) is 6.42 Å². The highest BCUT2D eigenvalue weighted by atomic mass is 16.5. The summed E-state index contributed by atoms with van der Waals surface area (Å²) in [7, 11) is 0. The molecule has 8 heteroatoms. The van der Waals surface area contributed by atoms with Gasteiger partial charge < -0.3 is 29.6 Å². The fraction of sp³-hybridized carbons (Fsp3) is 0.762. The zero-order chi connectivity index (χ0) is 20.4. The molecule has 3 heterocycles. The molecule has 0 radical (unpaired) electrons. The van der Waals surface area contributed by atoms with Gasteiger partial charge in [0.1, 0.15) is 5.76 Å². The Morgan fingerprint density at radius 3 is 2.86 bits per heavy atom. The second-order valence-corrected chi connectivity index (χ2v) is 8.18. The Morgan fingerprint density at radius 2 is 2.14 bits per heavy atom. The van der Waals surface area contributed by atoms with E-state index in [-0.39, 0.29) is 6.10 Å². The van der Waals surface area contributed by atoms with Crippen molar-refractivity contribution in [3.8, 4) is 0 Å². The summed E-state index contributed by atoms with van der Waals surface area (Å²) in [5.74, 6) is 1.64. The van der Waals surface area contributed by atoms with Gasteiger partial charge in [0, 0.05) is 45.8 Å². The second kappa shape index (κ2) is 11.5. The van der Waals surface area contributed by atoms with Crippen molar-refractivity contribution >= 4 is 5.96 Å². The van der Waals surface area contributed by atoms with Gasteiger partial charge in [-0.25, -0.2) is 0 Å². The first-order chi connectivity index (χ1) is 14.1. The molecule has 29 heavy (non-hydrogen) atoms. The molecule has 2 atom stereocenters. The molecule has 1 aromatic heterocycles. The van der Waals surface area contributed by atoms with Crippen LogP contribution >= 0.6 is 0 Å². The summed E-state index contributed by atoms with van der Waals surface area (Å²) in [6.45, 7) is 8.17. The third-order valence-electron chi connectivity index (χ3n) is 5.26. The number of furan rings is 1. The predicted octanol–water partition coefficient (Wildman–Crippen LogP) is 1.01. The third-order valence-corrected chi connectivity index (χ3v) is 5.26. The minimum Gasteiger partial charge on any atom is -0.469 e. The molecule has 2 fully saturated rings. The van der Waals surface area contributed by atoms with Crippen molar-refractivity contribution in [2.45, 2.75) is 44.3 Å². The number of ether oxygens (including phenoxy) is 2. The fourth-order valence-electron chi connectivity index (χ4n) is 3.65. The molecule has 0 spiro atoms. The Morgan fingerprint density at radius 1 is 1.28 bits per heavy atom. The fourth-order valence-corrected chi connectivity index (χ4v) is 3.65. The Balaban J connectivity index is 1.50. The van der Waals surface area contributed by atoms with E-state index < -0.39 is 5.60 Å². The van der Waals surface area contributed by atoms with Crippen LogP contribution < -0.4 is 10.6 Å². The molecule has 0 aliphatic carbocycles. The van der Waals surface area contributed by atoms with Gasteiger partial charge in [0.25, 0.3) is 0 Å². The van der Waals surface area contributed by atoms with E-state index in [9.17, 15) is 5.11 Å². The molecule has 8 nitrogen and oxygen atoms in total. The largest absolute Gasteiger partial charge is 0.469 e. The molecule has 164 valence electrons. The number of guanidine groups is 1. The number of nitrogens with one attached hydrogen (secondary N) is 2. The van der Waals surface area contributed by atoms with Crippen LogP contribution in [0.4, 0.5) is 0 Å². The van der Waals surface area contributed by atoms with Crippen molar-refractivity contribution in [1.29, 1.82) is 0 Å². The van der Waals surface area contributed by atoms with Crippen molar-refractivity contribution in [2.24, 2.45) is 4.99 Å². The van der Waals surface area contributed by atoms with Crippen LogP contribution in [0.2, 0.25) is 0 Å². The van der Waals surface area contributed by atoms with E-state index in [4.69, 9.17) is 13.9 Å². The van der Waals surface area contributed by atoms with Gasteiger partial charge in [0.2, 0.25) is 0 Å². The first-order valence-electron chi connectivity index (χ1n) is 10.8. The number of β-amino-alcohol motifs (C(OH)–C–C–N with tert-alkyl or cyclic N) is 1. The zero-order valence-corrected chi connectivity index (χ0v) is 17.6. The predicted molar refractivity (Wildman–Crippen MR) is 112 cm³/mol. The SMILES string of the molecule is CC(O)(CN=C(NCCc1ccco1)NCC1CCCCO1)CN1CCOCC1. The van der Waals surface area contributed by atoms with Crippen molar-refractivity contribution in [1.82, 2.24) is 15.5 Å². The van der Waals surface area contributed by atoms with E-state index in [2.05, 4.69) is 20.5 Å². The maximum absolute atomic E-state index is 10.8. The molecule has 2 unspecified atom stereocenters. The lowest BCUT2D eigenvalue weighted by Crippen LogP contribution is -2.48. The molecule has 0 amide bonds. The van der Waals surface area contributed by atoms with Crippen LogP contribution in [-0.2, 0) is 15.9 Å². The highest BCUT2D eigenvalue weighted by Gasteiger charge is 2.25. The van der Waals surface area contributed by atoms with Crippen molar-refractivity contribution in [3.05, 3.63) is 24.2 Å². The minimum absolute atomic E-state index is 0.217. The summed E-state index contributed by atoms with van der Waals surface area (Å²) in [6, 6.07) is 3.86. The summed E-state index contributed by atoms with van der Waals surface area (Å²) in [4.78, 5) is 6.89. The lowest BCUT2D eigenvalue weighted by Gasteiger charge is -2.33. The first-order valence-corrected chi connectivity index (χ1v) is 10.8. The van der Waals surface area contributed by atoms with Gasteiger partial charge in [-0.05, 0) is 38.3 Å². The second-order valence-electron chi connectivity index (χ2n) is 8.18. The Kier molecular flexibility index (Phi) is 8.79. The highest BCUT2D eigenvalue weighted by Crippen LogP contribution is 2.12. The monoisotopic (exact) mass is 408 g/mol. The molecule has 2 saturated heterocycles. The van der Waals surface area contributed by atoms with Crippen LogP contribution in [0.25, 0.3) is 0 Å². The van der Waals surface area contributed by atoms with Gasteiger partial charge in [-0.3, -0.25) is 9.89 Å². The minimum atomic E-state index is -0.895. The van der Waals surface area contributed by atoms with Crippen LogP contribution in [0.1, 0.15) is 31.9 Å². The molecular weight excluding hydrogens is 372 g/mol. The number of morpholine rings is 1. The number of aliphatic hydroxyl groups is 1. The van der Waals surface area contributed by atoms with Crippen LogP contribution in [0.15, 0.2) is 27.8 Å². The smallest absolute Gasteiger partial charge is 0.191 e. The summed E-state index contributed by atoms with van der Waals surface area (Å²) in [5.41, 5.74) is -0.895. The Hall–Kier alpha value is -1.61. The van der Waals surface area contributed by atoms with Gasteiger partial charge in [-0.2, -0.15) is 0 Å². The van der Waals surface area contributed by atoms with Crippen LogP contribution in [0.3, 0.4) is 0 Å². The van der Waals surface area contributed by atoms with Gasteiger partial charge in [-0.1, -0.05) is 0 Å². The zero-order valence-electron chi connectivity index (χ0n) is 17.6. The average Bonchev–Trinajstić information content (AvgIpc) is 3.24. The van der Waals surface area contributed by atoms with Crippen LogP contribution in [0.5, 0.6) is 0 Å². The van der Waals surface area contributed by atoms with E-state index >= 15 is 0 Å². The van der Waals surface area contributed by atoms with Crippen molar-refractivity contribution in [3.63, 3.8) is 0 Å². The number of rotatable bonds is 9. The summed E-state index contributed by atoms with van der Waals surface area (Å²) >= 11 is 0. The number of nitrogens with zero attached hydrogens (tertiary/aromatic N) is 2.